The van der Waals surface area contributed by atoms with Crippen molar-refractivity contribution in [3.63, 3.8) is 0 Å². The van der Waals surface area contributed by atoms with Gasteiger partial charge in [-0.25, -0.2) is 4.79 Å². The molecule has 1 aliphatic carbocycles. The number of nitriles is 1. The summed E-state index contributed by atoms with van der Waals surface area (Å²) in [4.78, 5) is 12.6. The van der Waals surface area contributed by atoms with E-state index in [1.807, 2.05) is 25.1 Å². The summed E-state index contributed by atoms with van der Waals surface area (Å²) >= 11 is 0. The molecule has 0 amide bonds. The predicted molar refractivity (Wildman–Crippen MR) is 110 cm³/mol. The van der Waals surface area contributed by atoms with Gasteiger partial charge in [0.25, 0.3) is 0 Å². The zero-order valence-corrected chi connectivity index (χ0v) is 17.0. The van der Waals surface area contributed by atoms with Gasteiger partial charge in [-0.1, -0.05) is 70.4 Å². The second kappa shape index (κ2) is 10.1. The van der Waals surface area contributed by atoms with E-state index in [4.69, 9.17) is 4.74 Å². The van der Waals surface area contributed by atoms with Crippen LogP contribution in [0, 0.1) is 23.2 Å². The fraction of sp³-hybridized carbons (Fsp3) is 0.500. The predicted octanol–water partition coefficient (Wildman–Crippen LogP) is 6.08. The van der Waals surface area contributed by atoms with E-state index in [9.17, 15) is 10.1 Å². The van der Waals surface area contributed by atoms with E-state index in [-0.39, 0.29) is 11.5 Å². The minimum absolute atomic E-state index is 0.177. The molecule has 2 atom stereocenters. The number of allylic oxidation sites excluding steroid dienone is 3. The average Bonchev–Trinajstić information content (AvgIpc) is 2.97. The van der Waals surface area contributed by atoms with Crippen molar-refractivity contribution < 1.29 is 9.53 Å². The molecule has 0 saturated heterocycles. The summed E-state index contributed by atoms with van der Waals surface area (Å²) in [5.74, 6) is 0.188. The molecule has 144 valence electrons. The second-order valence-corrected chi connectivity index (χ2v) is 7.49. The van der Waals surface area contributed by atoms with Crippen molar-refractivity contribution in [3.8, 4) is 6.07 Å². The molecular formula is C24H31NO2. The molecule has 27 heavy (non-hydrogen) atoms. The molecule has 0 radical (unpaired) electrons. The minimum atomic E-state index is -0.469. The third-order valence-electron chi connectivity index (χ3n) is 5.56. The van der Waals surface area contributed by atoms with Crippen LogP contribution in [0.5, 0.6) is 0 Å². The number of hydrogen-bond acceptors (Lipinski definition) is 3. The number of hydrogen-bond donors (Lipinski definition) is 0. The number of esters is 1. The lowest BCUT2D eigenvalue weighted by Crippen LogP contribution is -2.16. The first-order valence-corrected chi connectivity index (χ1v) is 10.1. The Morgan fingerprint density at radius 3 is 2.59 bits per heavy atom. The summed E-state index contributed by atoms with van der Waals surface area (Å²) in [5, 5.41) is 9.65. The SMILES string of the molecule is CCCCC(CC)COC(=O)/C(C#N)=C1\CC(C)C(c2ccccc2)=C1C. The van der Waals surface area contributed by atoms with Crippen LogP contribution in [0.3, 0.4) is 0 Å². The van der Waals surface area contributed by atoms with Gasteiger partial charge < -0.3 is 4.74 Å². The highest BCUT2D eigenvalue weighted by Crippen LogP contribution is 2.43. The zero-order chi connectivity index (χ0) is 19.8. The summed E-state index contributed by atoms with van der Waals surface area (Å²) in [5.41, 5.74) is 4.45. The molecule has 2 unspecified atom stereocenters. The Morgan fingerprint density at radius 2 is 2.00 bits per heavy atom. The molecule has 1 aromatic carbocycles. The molecule has 1 aromatic rings. The molecule has 3 heteroatoms. The van der Waals surface area contributed by atoms with Gasteiger partial charge in [-0.3, -0.25) is 0 Å². The lowest BCUT2D eigenvalue weighted by molar-refractivity contribution is -0.140. The van der Waals surface area contributed by atoms with Crippen molar-refractivity contribution in [3.05, 3.63) is 52.6 Å². The van der Waals surface area contributed by atoms with Crippen molar-refractivity contribution >= 4 is 11.5 Å². The van der Waals surface area contributed by atoms with E-state index < -0.39 is 5.97 Å². The lowest BCUT2D eigenvalue weighted by Gasteiger charge is -2.15. The summed E-state index contributed by atoms with van der Waals surface area (Å²) in [6, 6.07) is 12.3. The molecule has 0 aliphatic heterocycles. The van der Waals surface area contributed by atoms with Crippen LogP contribution >= 0.6 is 0 Å². The maximum absolute atomic E-state index is 12.6. The average molecular weight is 366 g/mol. The smallest absolute Gasteiger partial charge is 0.349 e. The number of benzene rings is 1. The highest BCUT2D eigenvalue weighted by atomic mass is 16.5. The number of unbranched alkanes of at least 4 members (excludes halogenated alkanes) is 1. The van der Waals surface area contributed by atoms with Crippen molar-refractivity contribution in [2.45, 2.75) is 59.8 Å². The van der Waals surface area contributed by atoms with Crippen molar-refractivity contribution in [1.29, 1.82) is 5.26 Å². The number of ether oxygens (including phenoxy) is 1. The van der Waals surface area contributed by atoms with Crippen LogP contribution in [0.1, 0.15) is 65.4 Å². The van der Waals surface area contributed by atoms with Crippen molar-refractivity contribution in [1.82, 2.24) is 0 Å². The van der Waals surface area contributed by atoms with Gasteiger partial charge in [0.2, 0.25) is 0 Å². The Bertz CT molecular complexity index is 752. The van der Waals surface area contributed by atoms with Crippen LogP contribution < -0.4 is 0 Å². The Kier molecular flexibility index (Phi) is 7.85. The van der Waals surface area contributed by atoms with E-state index in [1.165, 1.54) is 5.57 Å². The standard InChI is InChI=1S/C24H31NO2/c1-5-7-11-19(6-2)16-27-24(26)22(15-25)21-14-17(3)23(18(21)4)20-12-9-8-10-13-20/h8-10,12-13,17,19H,5-7,11,14,16H2,1-4H3/b22-21+. The summed E-state index contributed by atoms with van der Waals surface area (Å²) in [7, 11) is 0. The first kappa shape index (κ1) is 21.0. The largest absolute Gasteiger partial charge is 0.461 e. The number of carbonyl (C=O) groups excluding carboxylic acids is 1. The zero-order valence-electron chi connectivity index (χ0n) is 17.0. The van der Waals surface area contributed by atoms with Gasteiger partial charge in [0.05, 0.1) is 6.61 Å². The number of carbonyl (C=O) groups is 1. The molecule has 0 bridgehead atoms. The van der Waals surface area contributed by atoms with Crippen LogP contribution in [-0.4, -0.2) is 12.6 Å². The molecule has 0 spiro atoms. The monoisotopic (exact) mass is 365 g/mol. The quantitative estimate of drug-likeness (QED) is 0.319. The fourth-order valence-electron chi connectivity index (χ4n) is 3.90. The van der Waals surface area contributed by atoms with Crippen LogP contribution in [0.4, 0.5) is 0 Å². The highest BCUT2D eigenvalue weighted by molar-refractivity contribution is 5.96. The Balaban J connectivity index is 2.22. The second-order valence-electron chi connectivity index (χ2n) is 7.49. The summed E-state index contributed by atoms with van der Waals surface area (Å²) in [6.45, 7) is 8.85. The third-order valence-corrected chi connectivity index (χ3v) is 5.56. The lowest BCUT2D eigenvalue weighted by atomic mass is 9.95. The normalized spacial score (nSPS) is 19.6. The van der Waals surface area contributed by atoms with E-state index in [0.717, 1.165) is 42.4 Å². The Hall–Kier alpha value is -2.34. The maximum atomic E-state index is 12.6. The van der Waals surface area contributed by atoms with Crippen LogP contribution in [0.25, 0.3) is 5.57 Å². The molecular weight excluding hydrogens is 334 g/mol. The van der Waals surface area contributed by atoms with Crippen molar-refractivity contribution in [2.75, 3.05) is 6.61 Å². The highest BCUT2D eigenvalue weighted by Gasteiger charge is 2.30. The molecule has 0 fully saturated rings. The fourth-order valence-corrected chi connectivity index (χ4v) is 3.90. The topological polar surface area (TPSA) is 50.1 Å². The van der Waals surface area contributed by atoms with E-state index in [2.05, 4.69) is 39.0 Å². The summed E-state index contributed by atoms with van der Waals surface area (Å²) in [6.07, 6.45) is 5.04. The first-order chi connectivity index (χ1) is 13.0. The van der Waals surface area contributed by atoms with Gasteiger partial charge in [-0.05, 0) is 53.9 Å². The van der Waals surface area contributed by atoms with Crippen molar-refractivity contribution in [2.24, 2.45) is 11.8 Å². The van der Waals surface area contributed by atoms with E-state index in [0.29, 0.717) is 18.9 Å². The van der Waals surface area contributed by atoms with Crippen LogP contribution in [0.15, 0.2) is 47.1 Å². The molecule has 0 N–H and O–H groups in total. The van der Waals surface area contributed by atoms with Gasteiger partial charge in [-0.15, -0.1) is 0 Å². The van der Waals surface area contributed by atoms with Crippen LogP contribution in [-0.2, 0) is 9.53 Å². The van der Waals surface area contributed by atoms with E-state index in [1.54, 1.807) is 0 Å². The summed E-state index contributed by atoms with van der Waals surface area (Å²) < 4.78 is 5.54. The molecule has 0 heterocycles. The molecule has 3 nitrogen and oxygen atoms in total. The number of rotatable bonds is 8. The first-order valence-electron chi connectivity index (χ1n) is 10.1. The molecule has 0 saturated carbocycles. The Morgan fingerprint density at radius 1 is 1.30 bits per heavy atom. The minimum Gasteiger partial charge on any atom is -0.461 e. The molecule has 1 aliphatic rings. The molecule has 2 rings (SSSR count). The maximum Gasteiger partial charge on any atom is 0.349 e. The van der Waals surface area contributed by atoms with Gasteiger partial charge in [-0.2, -0.15) is 5.26 Å². The Labute approximate surface area is 163 Å². The van der Waals surface area contributed by atoms with Gasteiger partial charge in [0.15, 0.2) is 0 Å². The van der Waals surface area contributed by atoms with Gasteiger partial charge in [0.1, 0.15) is 11.6 Å². The molecule has 0 aromatic heterocycles. The van der Waals surface area contributed by atoms with E-state index >= 15 is 0 Å². The van der Waals surface area contributed by atoms with Gasteiger partial charge >= 0.3 is 5.97 Å². The van der Waals surface area contributed by atoms with Gasteiger partial charge in [0, 0.05) is 0 Å². The van der Waals surface area contributed by atoms with Crippen LogP contribution in [0.2, 0.25) is 0 Å². The third kappa shape index (κ3) is 5.10. The number of nitrogens with zero attached hydrogens (tertiary/aromatic N) is 1.